The fourth-order valence-corrected chi connectivity index (χ4v) is 7.50. The lowest BCUT2D eigenvalue weighted by atomic mass is 9.80. The highest BCUT2D eigenvalue weighted by atomic mass is 79.9. The summed E-state index contributed by atoms with van der Waals surface area (Å²) in [7, 11) is -4.18. The maximum absolute atomic E-state index is 13.4. The zero-order valence-electron chi connectivity index (χ0n) is 24.4. The molecule has 5 aromatic carbocycles. The minimum atomic E-state index is -4.18. The van der Waals surface area contributed by atoms with Crippen molar-refractivity contribution in [3.05, 3.63) is 170 Å². The summed E-state index contributed by atoms with van der Waals surface area (Å²) in [5.41, 5.74) is 1.35. The molecule has 0 atom stereocenters. The van der Waals surface area contributed by atoms with Gasteiger partial charge in [0.1, 0.15) is 16.4 Å². The van der Waals surface area contributed by atoms with Crippen LogP contribution in [0.15, 0.2) is 147 Å². The molecule has 0 aromatic heterocycles. The molecule has 0 aliphatic carbocycles. The van der Waals surface area contributed by atoms with E-state index in [2.05, 4.69) is 31.9 Å². The summed E-state index contributed by atoms with van der Waals surface area (Å²) >= 11 is 6.98. The first-order valence-electron chi connectivity index (χ1n) is 14.2. The Morgan fingerprint density at radius 3 is 1.53 bits per heavy atom. The molecule has 1 heterocycles. The first-order valence-corrected chi connectivity index (χ1v) is 17.2. The molecule has 7 nitrogen and oxygen atoms in total. The SMILES string of the molecule is O=C(C=Cc1ccccc1)Oc1ccc(C2(c3ccc(OC(=O)C=Cc4ccccc4)c(Br)c3)OS(=O)(=O)c3ccccc32)cc1Br. The Hall–Kier alpha value is -4.61. The Kier molecular flexibility index (Phi) is 9.38. The molecule has 234 valence electrons. The number of fused-ring (bicyclic) bond motifs is 1. The van der Waals surface area contributed by atoms with E-state index in [0.29, 0.717) is 25.6 Å². The van der Waals surface area contributed by atoms with Crippen LogP contribution in [0, 0.1) is 0 Å². The highest BCUT2D eigenvalue weighted by Crippen LogP contribution is 2.52. The zero-order chi connectivity index (χ0) is 33.0. The van der Waals surface area contributed by atoms with Crippen LogP contribution in [0.3, 0.4) is 0 Å². The fraction of sp³-hybridized carbons (Fsp3) is 0.0270. The van der Waals surface area contributed by atoms with Gasteiger partial charge < -0.3 is 9.47 Å². The van der Waals surface area contributed by atoms with Crippen molar-refractivity contribution in [3.8, 4) is 11.5 Å². The third-order valence-electron chi connectivity index (χ3n) is 7.29. The van der Waals surface area contributed by atoms with E-state index in [-0.39, 0.29) is 16.4 Å². The number of benzene rings is 5. The second-order valence-electron chi connectivity index (χ2n) is 10.3. The molecule has 0 saturated carbocycles. The van der Waals surface area contributed by atoms with Crippen molar-refractivity contribution in [2.45, 2.75) is 10.5 Å². The van der Waals surface area contributed by atoms with Gasteiger partial charge in [0, 0.05) is 17.7 Å². The van der Waals surface area contributed by atoms with Gasteiger partial charge in [-0.25, -0.2) is 13.8 Å². The van der Waals surface area contributed by atoms with Gasteiger partial charge in [0.2, 0.25) is 0 Å². The summed E-state index contributed by atoms with van der Waals surface area (Å²) in [6.45, 7) is 0. The van der Waals surface area contributed by atoms with E-state index >= 15 is 0 Å². The van der Waals surface area contributed by atoms with Crippen molar-refractivity contribution in [1.29, 1.82) is 0 Å². The van der Waals surface area contributed by atoms with Gasteiger partial charge in [0.25, 0.3) is 10.1 Å². The summed E-state index contributed by atoms with van der Waals surface area (Å²) < 4.78 is 44.7. The van der Waals surface area contributed by atoms with Crippen molar-refractivity contribution in [1.82, 2.24) is 0 Å². The molecule has 5 aromatic rings. The highest BCUT2D eigenvalue weighted by Gasteiger charge is 2.51. The average Bonchev–Trinajstić information content (AvgIpc) is 3.33. The molecule has 0 N–H and O–H groups in total. The minimum absolute atomic E-state index is 0.0235. The van der Waals surface area contributed by atoms with Crippen molar-refractivity contribution in [3.63, 3.8) is 0 Å². The van der Waals surface area contributed by atoms with Crippen LogP contribution in [0.25, 0.3) is 12.2 Å². The molecule has 0 fully saturated rings. The molecule has 0 spiro atoms. The van der Waals surface area contributed by atoms with E-state index in [1.165, 1.54) is 18.2 Å². The molecule has 47 heavy (non-hydrogen) atoms. The average molecular weight is 772 g/mol. The molecule has 0 unspecified atom stereocenters. The van der Waals surface area contributed by atoms with E-state index in [4.69, 9.17) is 13.7 Å². The summed E-state index contributed by atoms with van der Waals surface area (Å²) in [6, 6.07) is 34.9. The van der Waals surface area contributed by atoms with E-state index in [1.807, 2.05) is 60.7 Å². The number of carbonyl (C=O) groups is 2. The third kappa shape index (κ3) is 6.91. The third-order valence-corrected chi connectivity index (χ3v) is 9.89. The van der Waals surface area contributed by atoms with E-state index in [0.717, 1.165) is 11.1 Å². The van der Waals surface area contributed by atoms with Crippen molar-refractivity contribution < 1.29 is 31.7 Å². The second kappa shape index (κ2) is 13.6. The normalized spacial score (nSPS) is 16.6. The van der Waals surface area contributed by atoms with Gasteiger partial charge >= 0.3 is 11.9 Å². The number of hydrogen-bond acceptors (Lipinski definition) is 7. The summed E-state index contributed by atoms with van der Waals surface area (Å²) in [4.78, 5) is 25.2. The minimum Gasteiger partial charge on any atom is -0.422 e. The van der Waals surface area contributed by atoms with Crippen molar-refractivity contribution in [2.75, 3.05) is 0 Å². The van der Waals surface area contributed by atoms with E-state index in [9.17, 15) is 18.0 Å². The Balaban J connectivity index is 1.34. The lowest BCUT2D eigenvalue weighted by Gasteiger charge is -2.30. The number of ether oxygens (including phenoxy) is 2. The molecule has 1 aliphatic heterocycles. The Labute approximate surface area is 288 Å². The monoisotopic (exact) mass is 770 g/mol. The Morgan fingerprint density at radius 1 is 0.617 bits per heavy atom. The van der Waals surface area contributed by atoms with E-state index < -0.39 is 27.7 Å². The zero-order valence-corrected chi connectivity index (χ0v) is 28.4. The van der Waals surface area contributed by atoms with Crippen LogP contribution < -0.4 is 9.47 Å². The summed E-state index contributed by atoms with van der Waals surface area (Å²) in [5, 5.41) is 0. The Morgan fingerprint density at radius 2 is 1.06 bits per heavy atom. The Bertz CT molecular complexity index is 2030. The van der Waals surface area contributed by atoms with Crippen molar-refractivity contribution in [2.24, 2.45) is 0 Å². The topological polar surface area (TPSA) is 96.0 Å². The molecule has 10 heteroatoms. The van der Waals surface area contributed by atoms with Crippen LogP contribution >= 0.6 is 31.9 Å². The first kappa shape index (κ1) is 32.3. The molecule has 1 aliphatic rings. The smallest absolute Gasteiger partial charge is 0.336 e. The van der Waals surface area contributed by atoms with Gasteiger partial charge in [-0.3, -0.25) is 0 Å². The number of esters is 2. The molecule has 6 rings (SSSR count). The largest absolute Gasteiger partial charge is 0.422 e. The molecule has 0 saturated heterocycles. The predicted molar refractivity (Wildman–Crippen MR) is 185 cm³/mol. The van der Waals surface area contributed by atoms with Gasteiger partial charge in [-0.1, -0.05) is 91.0 Å². The number of hydrogen-bond donors (Lipinski definition) is 0. The molecular formula is C37H24Br2O7S. The van der Waals surface area contributed by atoms with Crippen LogP contribution in [-0.4, -0.2) is 20.4 Å². The lowest BCUT2D eigenvalue weighted by Crippen LogP contribution is -2.29. The standard InChI is InChI=1S/C37H24Br2O7S/c38-30-23-27(17-19-32(30)44-35(40)21-15-25-9-3-1-4-10-25)37(29-13-7-8-14-34(29)47(42,43)46-37)28-18-20-33(31(39)24-28)45-36(41)22-16-26-11-5-2-6-12-26/h1-24H. The summed E-state index contributed by atoms with van der Waals surface area (Å²) in [6.07, 6.45) is 5.94. The van der Waals surface area contributed by atoms with Crippen LogP contribution in [0.5, 0.6) is 11.5 Å². The quantitative estimate of drug-likeness (QED) is 0.0676. The molecule has 0 bridgehead atoms. The van der Waals surface area contributed by atoms with Crippen molar-refractivity contribution >= 4 is 66.1 Å². The predicted octanol–water partition coefficient (Wildman–Crippen LogP) is 8.46. The van der Waals surface area contributed by atoms with E-state index in [1.54, 1.807) is 66.7 Å². The van der Waals surface area contributed by atoms with Crippen LogP contribution in [0.4, 0.5) is 0 Å². The fourth-order valence-electron chi connectivity index (χ4n) is 5.15. The van der Waals surface area contributed by atoms with Gasteiger partial charge in [0.05, 0.1) is 8.95 Å². The molecular weight excluding hydrogens is 748 g/mol. The van der Waals surface area contributed by atoms with Gasteiger partial charge in [0.15, 0.2) is 5.60 Å². The van der Waals surface area contributed by atoms with Crippen LogP contribution in [0.1, 0.15) is 27.8 Å². The van der Waals surface area contributed by atoms with Crippen LogP contribution in [0.2, 0.25) is 0 Å². The lowest BCUT2D eigenvalue weighted by molar-refractivity contribution is -0.129. The van der Waals surface area contributed by atoms with Gasteiger partial charge in [-0.15, -0.1) is 0 Å². The number of carbonyl (C=O) groups excluding carboxylic acids is 2. The number of halogens is 2. The molecule has 0 radical (unpaired) electrons. The van der Waals surface area contributed by atoms with Gasteiger partial charge in [-0.05, 0) is 96.6 Å². The summed E-state index contributed by atoms with van der Waals surface area (Å²) in [5.74, 6) is -0.718. The maximum atomic E-state index is 13.4. The highest BCUT2D eigenvalue weighted by molar-refractivity contribution is 9.11. The number of rotatable bonds is 8. The maximum Gasteiger partial charge on any atom is 0.336 e. The van der Waals surface area contributed by atoms with Crippen LogP contribution in [-0.2, 0) is 29.5 Å². The first-order chi connectivity index (χ1) is 22.7. The molecule has 0 amide bonds. The second-order valence-corrected chi connectivity index (χ2v) is 13.6. The van der Waals surface area contributed by atoms with Gasteiger partial charge in [-0.2, -0.15) is 8.42 Å².